The number of pyridine rings is 1. The number of nitrogens with one attached hydrogen (secondary N) is 1. The third-order valence-electron chi connectivity index (χ3n) is 6.49. The van der Waals surface area contributed by atoms with Crippen molar-refractivity contribution in [2.75, 3.05) is 19.8 Å². The van der Waals surface area contributed by atoms with Crippen LogP contribution in [0.15, 0.2) is 23.0 Å². The molecule has 10 heteroatoms. The Kier molecular flexibility index (Phi) is 7.92. The normalized spacial score (nSPS) is 16.8. The second kappa shape index (κ2) is 11.1. The Balaban J connectivity index is 1.68. The van der Waals surface area contributed by atoms with E-state index in [4.69, 9.17) is 9.47 Å². The number of benzene rings is 1. The number of aromatic amines is 1. The van der Waals surface area contributed by atoms with Gasteiger partial charge in [-0.05, 0) is 73.7 Å². The lowest BCUT2D eigenvalue weighted by Gasteiger charge is -2.32. The lowest BCUT2D eigenvalue weighted by Crippen LogP contribution is -2.38. The Morgan fingerprint density at radius 1 is 1.31 bits per heavy atom. The molecule has 3 heterocycles. The van der Waals surface area contributed by atoms with Gasteiger partial charge >= 0.3 is 5.97 Å². The van der Waals surface area contributed by atoms with Gasteiger partial charge in [0.1, 0.15) is 6.54 Å². The Morgan fingerprint density at radius 2 is 2.14 bits per heavy atom. The molecule has 4 rings (SSSR count). The monoisotopic (exact) mass is 482 g/mol. The van der Waals surface area contributed by atoms with E-state index in [0.29, 0.717) is 37.5 Å². The summed E-state index contributed by atoms with van der Waals surface area (Å²) in [5.74, 6) is 0.181. The van der Waals surface area contributed by atoms with Crippen LogP contribution in [0.25, 0.3) is 10.9 Å². The maximum atomic E-state index is 13.1. The number of fused-ring (bicyclic) bond motifs is 1. The molecule has 10 nitrogen and oxygen atoms in total. The van der Waals surface area contributed by atoms with Gasteiger partial charge in [-0.15, -0.1) is 5.10 Å². The fourth-order valence-electron chi connectivity index (χ4n) is 4.90. The van der Waals surface area contributed by atoms with Crippen LogP contribution >= 0.6 is 0 Å². The van der Waals surface area contributed by atoms with Crippen LogP contribution in [0, 0.1) is 13.8 Å². The standard InChI is InChI=1S/C25H34N6O4/c1-5-22(24-27-28-29-31(24)15-23(32)34-6-2)30(14-19-8-7-9-35-19)13-18-12-20-17(4)10-16(3)11-21(20)26-25(18)33/h10-12,19,22H,5-9,13-15H2,1-4H3,(H,26,33)/t19-,22+/m1/s1. The number of hydrogen-bond donors (Lipinski definition) is 1. The molecule has 0 saturated carbocycles. The highest BCUT2D eigenvalue weighted by atomic mass is 16.5. The van der Waals surface area contributed by atoms with Crippen molar-refractivity contribution in [1.29, 1.82) is 0 Å². The number of carbonyl (C=O) groups is 1. The molecule has 1 aromatic carbocycles. The Hall–Kier alpha value is -3.11. The number of ether oxygens (including phenoxy) is 2. The van der Waals surface area contributed by atoms with Gasteiger partial charge in [-0.3, -0.25) is 14.5 Å². The highest BCUT2D eigenvalue weighted by Crippen LogP contribution is 2.27. The average Bonchev–Trinajstić information content (AvgIpc) is 3.48. The Labute approximate surface area is 204 Å². The minimum atomic E-state index is -0.390. The number of carbonyl (C=O) groups excluding carboxylic acids is 1. The minimum absolute atomic E-state index is 0.0600. The molecule has 0 bridgehead atoms. The van der Waals surface area contributed by atoms with Gasteiger partial charge in [0, 0.05) is 36.2 Å². The van der Waals surface area contributed by atoms with Crippen LogP contribution in [-0.2, 0) is 27.4 Å². The van der Waals surface area contributed by atoms with Crippen molar-refractivity contribution in [2.24, 2.45) is 0 Å². The summed E-state index contributed by atoms with van der Waals surface area (Å²) in [6, 6.07) is 5.89. The molecule has 0 unspecified atom stereocenters. The van der Waals surface area contributed by atoms with Crippen molar-refractivity contribution in [3.8, 4) is 0 Å². The quantitative estimate of drug-likeness (QED) is 0.439. The predicted molar refractivity (Wildman–Crippen MR) is 131 cm³/mol. The van der Waals surface area contributed by atoms with Crippen molar-refractivity contribution < 1.29 is 14.3 Å². The largest absolute Gasteiger partial charge is 0.465 e. The van der Waals surface area contributed by atoms with E-state index in [-0.39, 0.29) is 24.2 Å². The molecule has 0 aliphatic carbocycles. The molecule has 188 valence electrons. The summed E-state index contributed by atoms with van der Waals surface area (Å²) in [7, 11) is 0. The van der Waals surface area contributed by atoms with E-state index in [1.807, 2.05) is 26.0 Å². The van der Waals surface area contributed by atoms with Gasteiger partial charge in [0.25, 0.3) is 5.56 Å². The summed E-state index contributed by atoms with van der Waals surface area (Å²) < 4.78 is 12.5. The van der Waals surface area contributed by atoms with E-state index < -0.39 is 5.97 Å². The fraction of sp³-hybridized carbons (Fsp3) is 0.560. The van der Waals surface area contributed by atoms with E-state index in [1.165, 1.54) is 4.68 Å². The number of tetrazole rings is 1. The molecule has 35 heavy (non-hydrogen) atoms. The highest BCUT2D eigenvalue weighted by Gasteiger charge is 2.30. The molecule has 2 aromatic heterocycles. The lowest BCUT2D eigenvalue weighted by molar-refractivity contribution is -0.144. The van der Waals surface area contributed by atoms with E-state index in [2.05, 4.69) is 38.4 Å². The summed E-state index contributed by atoms with van der Waals surface area (Å²) >= 11 is 0. The molecule has 0 spiro atoms. The van der Waals surface area contributed by atoms with E-state index in [1.54, 1.807) is 6.92 Å². The summed E-state index contributed by atoms with van der Waals surface area (Å²) in [5, 5.41) is 13.2. The predicted octanol–water partition coefficient (Wildman–Crippen LogP) is 2.83. The topological polar surface area (TPSA) is 115 Å². The molecule has 2 atom stereocenters. The van der Waals surface area contributed by atoms with Crippen molar-refractivity contribution in [3.05, 3.63) is 51.1 Å². The first-order valence-corrected chi connectivity index (χ1v) is 12.3. The molecule has 3 aromatic rings. The number of H-pyrrole nitrogens is 1. The van der Waals surface area contributed by atoms with Crippen molar-refractivity contribution in [2.45, 2.75) is 72.2 Å². The SMILES string of the molecule is CCOC(=O)Cn1nnnc1[C@H](CC)N(Cc1cc2c(C)cc(C)cc2[nH]c1=O)C[C@H]1CCCO1. The van der Waals surface area contributed by atoms with Gasteiger partial charge in [-0.1, -0.05) is 13.0 Å². The third-order valence-corrected chi connectivity index (χ3v) is 6.49. The van der Waals surface area contributed by atoms with E-state index >= 15 is 0 Å². The first-order valence-electron chi connectivity index (χ1n) is 12.3. The van der Waals surface area contributed by atoms with Crippen LogP contribution in [0.2, 0.25) is 0 Å². The van der Waals surface area contributed by atoms with Crippen LogP contribution in [0.4, 0.5) is 0 Å². The number of esters is 1. The maximum absolute atomic E-state index is 13.1. The zero-order chi connectivity index (χ0) is 24.9. The maximum Gasteiger partial charge on any atom is 0.327 e. The average molecular weight is 483 g/mol. The second-order valence-corrected chi connectivity index (χ2v) is 9.16. The smallest absolute Gasteiger partial charge is 0.327 e. The first kappa shape index (κ1) is 25.0. The van der Waals surface area contributed by atoms with Crippen molar-refractivity contribution in [1.82, 2.24) is 30.1 Å². The van der Waals surface area contributed by atoms with E-state index in [0.717, 1.165) is 41.5 Å². The molecule has 1 aliphatic heterocycles. The van der Waals surface area contributed by atoms with Crippen molar-refractivity contribution in [3.63, 3.8) is 0 Å². The molecular weight excluding hydrogens is 448 g/mol. The molecule has 1 fully saturated rings. The van der Waals surface area contributed by atoms with Crippen LogP contribution in [-0.4, -0.2) is 61.9 Å². The number of rotatable bonds is 10. The Bertz CT molecular complexity index is 1230. The molecule has 0 radical (unpaired) electrons. The Morgan fingerprint density at radius 3 is 2.86 bits per heavy atom. The molecule has 1 aliphatic rings. The van der Waals surface area contributed by atoms with Crippen LogP contribution in [0.1, 0.15) is 61.7 Å². The lowest BCUT2D eigenvalue weighted by atomic mass is 10.0. The van der Waals surface area contributed by atoms with E-state index in [9.17, 15) is 9.59 Å². The number of hydrogen-bond acceptors (Lipinski definition) is 8. The summed E-state index contributed by atoms with van der Waals surface area (Å²) in [6.45, 7) is 9.91. The minimum Gasteiger partial charge on any atom is -0.465 e. The van der Waals surface area contributed by atoms with Crippen LogP contribution in [0.3, 0.4) is 0 Å². The second-order valence-electron chi connectivity index (χ2n) is 9.16. The van der Waals surface area contributed by atoms with Crippen LogP contribution in [0.5, 0.6) is 0 Å². The summed E-state index contributed by atoms with van der Waals surface area (Å²) in [6.07, 6.45) is 2.75. The molecular formula is C25H34N6O4. The summed E-state index contributed by atoms with van der Waals surface area (Å²) in [4.78, 5) is 30.5. The number of nitrogens with zero attached hydrogens (tertiary/aromatic N) is 5. The number of aromatic nitrogens is 5. The van der Waals surface area contributed by atoms with Gasteiger partial charge in [0.15, 0.2) is 5.82 Å². The van der Waals surface area contributed by atoms with Gasteiger partial charge in [0.05, 0.1) is 18.8 Å². The highest BCUT2D eigenvalue weighted by molar-refractivity contribution is 5.83. The van der Waals surface area contributed by atoms with Gasteiger partial charge < -0.3 is 14.5 Å². The zero-order valence-electron chi connectivity index (χ0n) is 20.9. The van der Waals surface area contributed by atoms with Crippen LogP contribution < -0.4 is 5.56 Å². The molecule has 0 amide bonds. The third kappa shape index (κ3) is 5.76. The first-order chi connectivity index (χ1) is 16.9. The summed E-state index contributed by atoms with van der Waals surface area (Å²) in [5.41, 5.74) is 3.63. The zero-order valence-corrected chi connectivity index (χ0v) is 20.9. The number of aryl methyl sites for hydroxylation is 2. The van der Waals surface area contributed by atoms with Crippen molar-refractivity contribution >= 4 is 16.9 Å². The fourth-order valence-corrected chi connectivity index (χ4v) is 4.90. The van der Waals surface area contributed by atoms with Gasteiger partial charge in [-0.2, -0.15) is 0 Å². The molecule has 1 saturated heterocycles. The van der Waals surface area contributed by atoms with Gasteiger partial charge in [0.2, 0.25) is 0 Å². The molecule has 1 N–H and O–H groups in total. The van der Waals surface area contributed by atoms with Gasteiger partial charge in [-0.25, -0.2) is 4.68 Å².